The third kappa shape index (κ3) is 2.81. The van der Waals surface area contributed by atoms with Crippen molar-refractivity contribution in [1.82, 2.24) is 0 Å². The van der Waals surface area contributed by atoms with Gasteiger partial charge >= 0.3 is 5.97 Å². The number of aliphatic hydroxyl groups is 1. The number of hydrogen-bond donors (Lipinski definition) is 1. The maximum atomic E-state index is 11.0. The van der Waals surface area contributed by atoms with E-state index in [0.717, 1.165) is 6.42 Å². The minimum Gasteiger partial charge on any atom is -0.469 e. The molecule has 0 aromatic rings. The Bertz CT molecular complexity index is 145. The molecule has 3 heteroatoms. The van der Waals surface area contributed by atoms with Gasteiger partial charge in [0.1, 0.15) is 0 Å². The first-order valence-electron chi connectivity index (χ1n) is 4.30. The van der Waals surface area contributed by atoms with Crippen LogP contribution in [-0.4, -0.2) is 24.3 Å². The fraction of sp³-hybridized carbons (Fsp3) is 0.889. The number of ether oxygens (including phenoxy) is 1. The molecule has 0 rings (SSSR count). The van der Waals surface area contributed by atoms with Crippen LogP contribution in [0.5, 0.6) is 0 Å². The van der Waals surface area contributed by atoms with Crippen molar-refractivity contribution >= 4 is 5.97 Å². The van der Waals surface area contributed by atoms with Crippen LogP contribution < -0.4 is 0 Å². The van der Waals surface area contributed by atoms with E-state index in [9.17, 15) is 9.90 Å². The van der Waals surface area contributed by atoms with E-state index in [1.54, 1.807) is 6.92 Å². The standard InChI is InChI=1S/C9H18O3/c1-5-6(2)8(10)7(3)9(11)12-4/h6-8,10H,5H2,1-4H3. The van der Waals surface area contributed by atoms with E-state index in [2.05, 4.69) is 4.74 Å². The first kappa shape index (κ1) is 11.4. The molecule has 12 heavy (non-hydrogen) atoms. The molecule has 0 fully saturated rings. The quantitative estimate of drug-likeness (QED) is 0.651. The van der Waals surface area contributed by atoms with Gasteiger partial charge in [-0.15, -0.1) is 0 Å². The van der Waals surface area contributed by atoms with Gasteiger partial charge in [-0.1, -0.05) is 20.3 Å². The van der Waals surface area contributed by atoms with E-state index in [4.69, 9.17) is 0 Å². The molecule has 0 aliphatic rings. The van der Waals surface area contributed by atoms with Crippen LogP contribution in [0.25, 0.3) is 0 Å². The van der Waals surface area contributed by atoms with E-state index < -0.39 is 12.0 Å². The van der Waals surface area contributed by atoms with Gasteiger partial charge in [-0.05, 0) is 12.8 Å². The van der Waals surface area contributed by atoms with Crippen LogP contribution in [0.4, 0.5) is 0 Å². The Morgan fingerprint density at radius 1 is 1.50 bits per heavy atom. The maximum absolute atomic E-state index is 11.0. The van der Waals surface area contributed by atoms with Crippen LogP contribution in [0, 0.1) is 11.8 Å². The Morgan fingerprint density at radius 2 is 2.00 bits per heavy atom. The monoisotopic (exact) mass is 174 g/mol. The fourth-order valence-electron chi connectivity index (χ4n) is 1.06. The largest absolute Gasteiger partial charge is 0.469 e. The SMILES string of the molecule is CCC(C)C(O)C(C)C(=O)OC. The minimum atomic E-state index is -0.595. The van der Waals surface area contributed by atoms with E-state index in [1.807, 2.05) is 13.8 Å². The first-order valence-corrected chi connectivity index (χ1v) is 4.30. The molecule has 0 aliphatic carbocycles. The first-order chi connectivity index (χ1) is 5.54. The fourth-order valence-corrected chi connectivity index (χ4v) is 1.06. The second-order valence-corrected chi connectivity index (χ2v) is 3.19. The van der Waals surface area contributed by atoms with Gasteiger partial charge in [0.2, 0.25) is 0 Å². The molecule has 0 saturated carbocycles. The molecule has 0 bridgehead atoms. The third-order valence-corrected chi connectivity index (χ3v) is 2.31. The molecule has 3 atom stereocenters. The van der Waals surface area contributed by atoms with Crippen molar-refractivity contribution in [3.05, 3.63) is 0 Å². The summed E-state index contributed by atoms with van der Waals surface area (Å²) in [6, 6.07) is 0. The number of carbonyl (C=O) groups excluding carboxylic acids is 1. The number of methoxy groups -OCH3 is 1. The van der Waals surface area contributed by atoms with Gasteiger partial charge in [0.25, 0.3) is 0 Å². The molecule has 0 saturated heterocycles. The molecule has 0 aromatic carbocycles. The van der Waals surface area contributed by atoms with E-state index in [0.29, 0.717) is 0 Å². The normalized spacial score (nSPS) is 18.1. The summed E-state index contributed by atoms with van der Waals surface area (Å²) in [7, 11) is 1.34. The zero-order chi connectivity index (χ0) is 9.72. The van der Waals surface area contributed by atoms with Crippen molar-refractivity contribution in [2.24, 2.45) is 11.8 Å². The van der Waals surface area contributed by atoms with Gasteiger partial charge in [-0.3, -0.25) is 4.79 Å². The Labute approximate surface area is 73.7 Å². The molecular weight excluding hydrogens is 156 g/mol. The number of hydrogen-bond acceptors (Lipinski definition) is 3. The summed E-state index contributed by atoms with van der Waals surface area (Å²) in [6.07, 6.45) is 0.269. The van der Waals surface area contributed by atoms with Gasteiger partial charge in [0.05, 0.1) is 19.1 Å². The summed E-state index contributed by atoms with van der Waals surface area (Å²) in [5.74, 6) is -0.633. The number of aliphatic hydroxyl groups excluding tert-OH is 1. The highest BCUT2D eigenvalue weighted by atomic mass is 16.5. The summed E-state index contributed by atoms with van der Waals surface area (Å²) in [5.41, 5.74) is 0. The molecule has 0 spiro atoms. The third-order valence-electron chi connectivity index (χ3n) is 2.31. The Hall–Kier alpha value is -0.570. The lowest BCUT2D eigenvalue weighted by molar-refractivity contribution is -0.149. The van der Waals surface area contributed by atoms with Crippen molar-refractivity contribution in [2.75, 3.05) is 7.11 Å². The Kier molecular flexibility index (Phi) is 4.90. The van der Waals surface area contributed by atoms with Crippen molar-refractivity contribution in [3.63, 3.8) is 0 Å². The number of rotatable bonds is 4. The number of carbonyl (C=O) groups is 1. The van der Waals surface area contributed by atoms with Crippen LogP contribution in [-0.2, 0) is 9.53 Å². The van der Waals surface area contributed by atoms with Crippen molar-refractivity contribution in [1.29, 1.82) is 0 Å². The lowest BCUT2D eigenvalue weighted by Crippen LogP contribution is -2.31. The minimum absolute atomic E-state index is 0.138. The van der Waals surface area contributed by atoms with Gasteiger partial charge in [0.15, 0.2) is 0 Å². The summed E-state index contributed by atoms with van der Waals surface area (Å²) < 4.78 is 4.53. The smallest absolute Gasteiger partial charge is 0.311 e. The molecule has 0 heterocycles. The average molecular weight is 174 g/mol. The highest BCUT2D eigenvalue weighted by Crippen LogP contribution is 2.16. The topological polar surface area (TPSA) is 46.5 Å². The van der Waals surface area contributed by atoms with E-state index in [1.165, 1.54) is 7.11 Å². The molecule has 1 N–H and O–H groups in total. The zero-order valence-electron chi connectivity index (χ0n) is 8.20. The van der Waals surface area contributed by atoms with Crippen LogP contribution >= 0.6 is 0 Å². The maximum Gasteiger partial charge on any atom is 0.311 e. The van der Waals surface area contributed by atoms with Crippen molar-refractivity contribution in [3.8, 4) is 0 Å². The van der Waals surface area contributed by atoms with Gasteiger partial charge in [0, 0.05) is 0 Å². The second-order valence-electron chi connectivity index (χ2n) is 3.19. The van der Waals surface area contributed by atoms with Gasteiger partial charge < -0.3 is 9.84 Å². The van der Waals surface area contributed by atoms with Crippen LogP contribution in [0.2, 0.25) is 0 Å². The average Bonchev–Trinajstić information content (AvgIpc) is 2.12. The molecule has 0 aliphatic heterocycles. The van der Waals surface area contributed by atoms with E-state index >= 15 is 0 Å². The van der Waals surface area contributed by atoms with Crippen molar-refractivity contribution in [2.45, 2.75) is 33.3 Å². The highest BCUT2D eigenvalue weighted by molar-refractivity contribution is 5.72. The molecule has 0 amide bonds. The van der Waals surface area contributed by atoms with Crippen LogP contribution in [0.1, 0.15) is 27.2 Å². The van der Waals surface area contributed by atoms with Gasteiger partial charge in [-0.25, -0.2) is 0 Å². The second kappa shape index (κ2) is 5.14. The number of esters is 1. The molecule has 0 radical (unpaired) electrons. The molecule has 3 unspecified atom stereocenters. The lowest BCUT2D eigenvalue weighted by Gasteiger charge is -2.21. The molecular formula is C9H18O3. The molecule has 0 aromatic heterocycles. The van der Waals surface area contributed by atoms with Crippen LogP contribution in [0.3, 0.4) is 0 Å². The van der Waals surface area contributed by atoms with Gasteiger partial charge in [-0.2, -0.15) is 0 Å². The van der Waals surface area contributed by atoms with E-state index in [-0.39, 0.29) is 11.9 Å². The highest BCUT2D eigenvalue weighted by Gasteiger charge is 2.26. The summed E-state index contributed by atoms with van der Waals surface area (Å²) in [5, 5.41) is 9.59. The molecule has 3 nitrogen and oxygen atoms in total. The Balaban J connectivity index is 4.08. The Morgan fingerprint density at radius 3 is 2.33 bits per heavy atom. The van der Waals surface area contributed by atoms with Crippen molar-refractivity contribution < 1.29 is 14.6 Å². The van der Waals surface area contributed by atoms with Crippen LogP contribution in [0.15, 0.2) is 0 Å². The lowest BCUT2D eigenvalue weighted by atomic mass is 9.92. The summed E-state index contributed by atoms with van der Waals surface area (Å²) in [6.45, 7) is 5.59. The molecule has 72 valence electrons. The zero-order valence-corrected chi connectivity index (χ0v) is 8.20. The predicted octanol–water partition coefficient (Wildman–Crippen LogP) is 1.20. The summed E-state index contributed by atoms with van der Waals surface area (Å²) >= 11 is 0. The summed E-state index contributed by atoms with van der Waals surface area (Å²) in [4.78, 5) is 11.0. The predicted molar refractivity (Wildman–Crippen MR) is 46.6 cm³/mol.